The minimum atomic E-state index is -4.12. The Hall–Kier alpha value is -1.55. The van der Waals surface area contributed by atoms with Crippen LogP contribution in [-0.2, 0) is 10.0 Å². The number of rotatable bonds is 3. The van der Waals surface area contributed by atoms with E-state index in [1.54, 1.807) is 0 Å². The molecular weight excluding hydrogens is 305 g/mol. The number of hydrogen-bond donors (Lipinski definition) is 3. The summed E-state index contributed by atoms with van der Waals surface area (Å²) in [6.07, 6.45) is -2.42. The fourth-order valence-corrected chi connectivity index (χ4v) is 3.71. The molecule has 0 radical (unpaired) electrons. The minimum Gasteiger partial charge on any atom is -0.478 e. The lowest BCUT2D eigenvalue weighted by Gasteiger charge is -2.16. The smallest absolute Gasteiger partial charge is 0.338 e. The van der Waals surface area contributed by atoms with Crippen LogP contribution >= 0.6 is 0 Å². The third-order valence-electron chi connectivity index (χ3n) is 3.32. The van der Waals surface area contributed by atoms with Crippen molar-refractivity contribution in [3.63, 3.8) is 0 Å². The molecule has 1 fully saturated rings. The first-order valence-corrected chi connectivity index (χ1v) is 7.48. The number of carboxylic acid groups (broad SMARTS) is 1. The van der Waals surface area contributed by atoms with Crippen LogP contribution in [0.2, 0.25) is 0 Å². The second-order valence-corrected chi connectivity index (χ2v) is 6.80. The Morgan fingerprint density at radius 3 is 2.29 bits per heavy atom. The summed E-state index contributed by atoms with van der Waals surface area (Å²) >= 11 is 0. The molecule has 1 aromatic carbocycles. The van der Waals surface area contributed by atoms with Crippen LogP contribution in [0, 0.1) is 12.7 Å². The molecule has 2 atom stereocenters. The molecule has 3 N–H and O–H groups in total. The second kappa shape index (κ2) is 5.34. The van der Waals surface area contributed by atoms with Crippen LogP contribution in [-0.4, -0.2) is 59.3 Å². The summed E-state index contributed by atoms with van der Waals surface area (Å²) in [7, 11) is -4.12. The molecule has 0 unspecified atom stereocenters. The van der Waals surface area contributed by atoms with Gasteiger partial charge >= 0.3 is 5.97 Å². The van der Waals surface area contributed by atoms with Gasteiger partial charge in [-0.2, -0.15) is 4.31 Å². The van der Waals surface area contributed by atoms with E-state index in [0.29, 0.717) is 0 Å². The molecule has 1 aliphatic rings. The van der Waals surface area contributed by atoms with Gasteiger partial charge in [0.25, 0.3) is 0 Å². The van der Waals surface area contributed by atoms with Crippen molar-refractivity contribution in [2.45, 2.75) is 24.0 Å². The van der Waals surface area contributed by atoms with E-state index in [1.807, 2.05) is 0 Å². The molecule has 21 heavy (non-hydrogen) atoms. The van der Waals surface area contributed by atoms with Gasteiger partial charge in [0, 0.05) is 13.1 Å². The number of hydrogen-bond acceptors (Lipinski definition) is 5. The van der Waals surface area contributed by atoms with Gasteiger partial charge in [-0.1, -0.05) is 0 Å². The van der Waals surface area contributed by atoms with Crippen molar-refractivity contribution in [3.8, 4) is 0 Å². The Labute approximate surface area is 120 Å². The Balaban J connectivity index is 2.49. The molecule has 0 aliphatic carbocycles. The van der Waals surface area contributed by atoms with E-state index in [2.05, 4.69) is 0 Å². The van der Waals surface area contributed by atoms with E-state index in [1.165, 1.54) is 6.92 Å². The van der Waals surface area contributed by atoms with Crippen molar-refractivity contribution in [1.82, 2.24) is 4.31 Å². The Morgan fingerprint density at radius 2 is 1.81 bits per heavy atom. The molecule has 0 saturated carbocycles. The molecule has 7 nitrogen and oxygen atoms in total. The standard InChI is InChI=1S/C12H14FNO6S/c1-6-2-7(3-8(11(6)13)12(17)18)21(19,20)14-4-9(15)10(16)5-14/h2-3,9-10,15-16H,4-5H2,1H3,(H,17,18)/t9-,10+. The van der Waals surface area contributed by atoms with Gasteiger partial charge in [0.1, 0.15) is 5.82 Å². The third kappa shape index (κ3) is 2.77. The van der Waals surface area contributed by atoms with Gasteiger partial charge in [0.2, 0.25) is 10.0 Å². The van der Waals surface area contributed by atoms with E-state index in [0.717, 1.165) is 16.4 Å². The van der Waals surface area contributed by atoms with Gasteiger partial charge < -0.3 is 15.3 Å². The second-order valence-electron chi connectivity index (χ2n) is 4.86. The fraction of sp³-hybridized carbons (Fsp3) is 0.417. The number of aryl methyl sites for hydroxylation is 1. The van der Waals surface area contributed by atoms with Gasteiger partial charge in [-0.25, -0.2) is 17.6 Å². The molecule has 1 aliphatic heterocycles. The van der Waals surface area contributed by atoms with Gasteiger partial charge in [-0.15, -0.1) is 0 Å². The Morgan fingerprint density at radius 1 is 1.29 bits per heavy atom. The molecule has 0 amide bonds. The topological polar surface area (TPSA) is 115 Å². The van der Waals surface area contributed by atoms with Crippen LogP contribution in [0.3, 0.4) is 0 Å². The predicted octanol–water partition coefficient (Wildman–Crippen LogP) is -0.442. The highest BCUT2D eigenvalue weighted by molar-refractivity contribution is 7.89. The highest BCUT2D eigenvalue weighted by Crippen LogP contribution is 2.25. The molecule has 2 rings (SSSR count). The van der Waals surface area contributed by atoms with Crippen molar-refractivity contribution in [3.05, 3.63) is 29.1 Å². The quantitative estimate of drug-likeness (QED) is 0.695. The summed E-state index contributed by atoms with van der Waals surface area (Å²) in [5.41, 5.74) is -0.859. The zero-order chi connectivity index (χ0) is 15.9. The number of aliphatic hydroxyl groups is 2. The molecule has 0 bridgehead atoms. The summed E-state index contributed by atoms with van der Waals surface area (Å²) < 4.78 is 39.2. The van der Waals surface area contributed by atoms with Crippen molar-refractivity contribution in [2.24, 2.45) is 0 Å². The molecule has 1 aromatic rings. The summed E-state index contributed by atoms with van der Waals surface area (Å²) in [6.45, 7) is 0.652. The van der Waals surface area contributed by atoms with Crippen LogP contribution in [0.15, 0.2) is 17.0 Å². The van der Waals surface area contributed by atoms with Crippen LogP contribution in [0.25, 0.3) is 0 Å². The third-order valence-corrected chi connectivity index (χ3v) is 5.13. The van der Waals surface area contributed by atoms with Crippen LogP contribution in [0.4, 0.5) is 4.39 Å². The van der Waals surface area contributed by atoms with Crippen molar-refractivity contribution in [2.75, 3.05) is 13.1 Å². The molecule has 0 aromatic heterocycles. The zero-order valence-corrected chi connectivity index (χ0v) is 11.8. The lowest BCUT2D eigenvalue weighted by Crippen LogP contribution is -2.30. The van der Waals surface area contributed by atoms with E-state index < -0.39 is 39.6 Å². The van der Waals surface area contributed by atoms with Crippen LogP contribution in [0.5, 0.6) is 0 Å². The fourth-order valence-electron chi connectivity index (χ4n) is 2.12. The van der Waals surface area contributed by atoms with E-state index in [9.17, 15) is 27.8 Å². The highest BCUT2D eigenvalue weighted by Gasteiger charge is 2.38. The predicted molar refractivity (Wildman–Crippen MR) is 68.9 cm³/mol. The number of carboxylic acids is 1. The number of carbonyl (C=O) groups is 1. The van der Waals surface area contributed by atoms with Crippen LogP contribution in [0.1, 0.15) is 15.9 Å². The molecule has 9 heteroatoms. The average Bonchev–Trinajstić information content (AvgIpc) is 2.73. The minimum absolute atomic E-state index is 0.117. The van der Waals surface area contributed by atoms with Crippen molar-refractivity contribution in [1.29, 1.82) is 0 Å². The maximum atomic E-state index is 13.7. The maximum Gasteiger partial charge on any atom is 0.338 e. The van der Waals surface area contributed by atoms with Gasteiger partial charge in [-0.05, 0) is 24.6 Å². The first kappa shape index (κ1) is 15.8. The highest BCUT2D eigenvalue weighted by atomic mass is 32.2. The van der Waals surface area contributed by atoms with Crippen molar-refractivity contribution < 1.29 is 32.9 Å². The summed E-state index contributed by atoms with van der Waals surface area (Å²) in [6, 6.07) is 1.76. The molecule has 0 spiro atoms. The maximum absolute atomic E-state index is 13.7. The number of benzene rings is 1. The van der Waals surface area contributed by atoms with Gasteiger partial charge in [0.15, 0.2) is 0 Å². The normalized spacial score (nSPS) is 23.4. The Bertz CT molecular complexity index is 679. The summed E-state index contributed by atoms with van der Waals surface area (Å²) in [5, 5.41) is 27.7. The largest absolute Gasteiger partial charge is 0.478 e. The summed E-state index contributed by atoms with van der Waals surface area (Å²) in [5.74, 6) is -2.57. The molecule has 1 heterocycles. The van der Waals surface area contributed by atoms with Gasteiger partial charge in [-0.3, -0.25) is 0 Å². The zero-order valence-electron chi connectivity index (χ0n) is 11.0. The number of halogens is 1. The monoisotopic (exact) mass is 319 g/mol. The van der Waals surface area contributed by atoms with E-state index in [4.69, 9.17) is 5.11 Å². The average molecular weight is 319 g/mol. The van der Waals surface area contributed by atoms with Crippen LogP contribution < -0.4 is 0 Å². The first-order chi connectivity index (χ1) is 9.64. The first-order valence-electron chi connectivity index (χ1n) is 6.04. The van der Waals surface area contributed by atoms with Gasteiger partial charge in [0.05, 0.1) is 22.7 Å². The number of β-amino-alcohol motifs (C(OH)–C–C–N with tert-alkyl or cyclic N) is 2. The van der Waals surface area contributed by atoms with Crippen molar-refractivity contribution >= 4 is 16.0 Å². The lowest BCUT2D eigenvalue weighted by atomic mass is 10.1. The lowest BCUT2D eigenvalue weighted by molar-refractivity contribution is 0.0572. The SMILES string of the molecule is Cc1cc(S(=O)(=O)N2C[C@@H](O)[C@@H](O)C2)cc(C(=O)O)c1F. The number of aliphatic hydroxyl groups excluding tert-OH is 2. The number of nitrogens with zero attached hydrogens (tertiary/aromatic N) is 1. The van der Waals surface area contributed by atoms with E-state index >= 15 is 0 Å². The van der Waals surface area contributed by atoms with E-state index in [-0.39, 0.29) is 23.5 Å². The molecule has 1 saturated heterocycles. The molecule has 116 valence electrons. The summed E-state index contributed by atoms with van der Waals surface area (Å²) in [4.78, 5) is 10.6. The Kier molecular flexibility index (Phi) is 4.02. The number of aromatic carboxylic acids is 1. The molecular formula is C12H14FNO6S. The number of sulfonamides is 1.